The lowest BCUT2D eigenvalue weighted by Gasteiger charge is -2.40. The molecule has 71 heavy (non-hydrogen) atoms. The summed E-state index contributed by atoms with van der Waals surface area (Å²) in [5.41, 5.74) is 0. The first-order valence-electron chi connectivity index (χ1n) is 28.3. The molecule has 1 heterocycles. The maximum Gasteiger partial charge on any atom is 0.335 e. The van der Waals surface area contributed by atoms with Crippen molar-refractivity contribution in [2.45, 2.75) is 276 Å². The van der Waals surface area contributed by atoms with Crippen LogP contribution in [-0.4, -0.2) is 89.2 Å². The number of ether oxygens (including phenoxy) is 5. The van der Waals surface area contributed by atoms with E-state index in [0.717, 1.165) is 89.9 Å². The monoisotopic (exact) mass is 1000 g/mol. The van der Waals surface area contributed by atoms with Crippen LogP contribution in [0.25, 0.3) is 0 Å². The number of hydrogen-bond donors (Lipinski definition) is 3. The zero-order valence-corrected chi connectivity index (χ0v) is 44.7. The average Bonchev–Trinajstić information content (AvgIpc) is 3.35. The van der Waals surface area contributed by atoms with E-state index in [1.807, 2.05) is 0 Å². The van der Waals surface area contributed by atoms with Gasteiger partial charge in [0.15, 0.2) is 24.6 Å². The highest BCUT2D eigenvalue weighted by molar-refractivity contribution is 5.74. The van der Waals surface area contributed by atoms with Crippen LogP contribution in [0.4, 0.5) is 0 Å². The molecule has 0 aromatic carbocycles. The summed E-state index contributed by atoms with van der Waals surface area (Å²) in [6.45, 7) is 5.83. The van der Waals surface area contributed by atoms with Crippen molar-refractivity contribution in [2.24, 2.45) is 0 Å². The minimum atomic E-state index is -1.92. The summed E-state index contributed by atoms with van der Waals surface area (Å²) in [4.78, 5) is 51.0. The first-order valence-corrected chi connectivity index (χ1v) is 28.3. The third-order valence-electron chi connectivity index (χ3n) is 12.6. The SMILES string of the molecule is CC/C=C\C/C=C\C/C=C\C/C=C\CCCCC(=O)OC1C(OCC(COC(=O)CCCCCCC/C=C\CCCCCC)OC(=O)CCCCCCCCCCCCCCC)OC(C(=O)O)C(O)C1O. The predicted molar refractivity (Wildman–Crippen MR) is 285 cm³/mol. The van der Waals surface area contributed by atoms with Gasteiger partial charge in [-0.3, -0.25) is 14.4 Å². The molecule has 0 saturated carbocycles. The summed E-state index contributed by atoms with van der Waals surface area (Å²) in [5, 5.41) is 31.4. The Morgan fingerprint density at radius 2 is 0.887 bits per heavy atom. The highest BCUT2D eigenvalue weighted by Gasteiger charge is 2.50. The fourth-order valence-electron chi connectivity index (χ4n) is 8.24. The number of rotatable bonds is 47. The van der Waals surface area contributed by atoms with E-state index in [0.29, 0.717) is 25.7 Å². The van der Waals surface area contributed by atoms with Crippen LogP contribution in [0, 0.1) is 0 Å². The highest BCUT2D eigenvalue weighted by atomic mass is 16.7. The molecule has 0 radical (unpaired) electrons. The van der Waals surface area contributed by atoms with Crippen LogP contribution < -0.4 is 0 Å². The van der Waals surface area contributed by atoms with Crippen molar-refractivity contribution < 1.29 is 58.2 Å². The van der Waals surface area contributed by atoms with Gasteiger partial charge in [0, 0.05) is 19.3 Å². The Labute approximate surface area is 430 Å². The molecular formula is C59H100O12. The van der Waals surface area contributed by atoms with Crippen LogP contribution in [-0.2, 0) is 42.9 Å². The maximum atomic E-state index is 13.1. The fraction of sp³-hybridized carbons (Fsp3) is 0.763. The van der Waals surface area contributed by atoms with Crippen LogP contribution in [0.15, 0.2) is 60.8 Å². The van der Waals surface area contributed by atoms with Gasteiger partial charge in [-0.1, -0.05) is 197 Å². The molecule has 1 fully saturated rings. The molecule has 0 bridgehead atoms. The standard InChI is InChI=1S/C59H100O12/c1-4-7-10-13-16-19-22-25-26-29-32-35-38-41-44-47-53(62)70-57-55(64)54(63)56(58(65)66)71-59(57)68-49-50(69-52(61)46-43-40-37-34-31-28-24-21-18-15-12-9-6-3)48-67-51(60)45-42-39-36-33-30-27-23-20-17-14-11-8-5-2/h7,10,16,19-20,23,25-26,32,35,50,54-57,59,63-64H,4-6,8-9,11-15,17-18,21-22,24,27-31,33-34,36-49H2,1-3H3,(H,65,66)/b10-7-,19-16-,23-20-,26-25-,35-32-. The zero-order chi connectivity index (χ0) is 51.8. The molecule has 6 unspecified atom stereocenters. The largest absolute Gasteiger partial charge is 0.479 e. The molecule has 1 aliphatic rings. The smallest absolute Gasteiger partial charge is 0.335 e. The number of unbranched alkanes of at least 4 members (excludes halogenated alkanes) is 23. The maximum absolute atomic E-state index is 13.1. The van der Waals surface area contributed by atoms with E-state index in [-0.39, 0.29) is 25.9 Å². The molecule has 0 aromatic rings. The van der Waals surface area contributed by atoms with Gasteiger partial charge in [0.2, 0.25) is 0 Å². The van der Waals surface area contributed by atoms with Crippen LogP contribution in [0.5, 0.6) is 0 Å². The molecule has 0 spiro atoms. The van der Waals surface area contributed by atoms with Crippen LogP contribution >= 0.6 is 0 Å². The van der Waals surface area contributed by atoms with E-state index in [1.165, 1.54) is 83.5 Å². The number of carbonyl (C=O) groups excluding carboxylic acids is 3. The fourth-order valence-corrected chi connectivity index (χ4v) is 8.24. The third kappa shape index (κ3) is 37.8. The number of aliphatic hydroxyl groups is 2. The summed E-state index contributed by atoms with van der Waals surface area (Å²) in [6.07, 6.45) is 44.8. The second kappa shape index (κ2) is 47.4. The van der Waals surface area contributed by atoms with Gasteiger partial charge < -0.3 is 39.0 Å². The number of carboxylic acids is 1. The Bertz CT molecular complexity index is 1470. The molecule has 1 rings (SSSR count). The molecule has 3 N–H and O–H groups in total. The third-order valence-corrected chi connectivity index (χ3v) is 12.6. The lowest BCUT2D eigenvalue weighted by atomic mass is 9.98. The van der Waals surface area contributed by atoms with Crippen LogP contribution in [0.3, 0.4) is 0 Å². The normalized spacial score (nSPS) is 18.9. The Balaban J connectivity index is 2.74. The highest BCUT2D eigenvalue weighted by Crippen LogP contribution is 2.26. The van der Waals surface area contributed by atoms with Gasteiger partial charge in [-0.25, -0.2) is 4.79 Å². The van der Waals surface area contributed by atoms with Gasteiger partial charge in [0.05, 0.1) is 6.61 Å². The molecule has 12 heteroatoms. The van der Waals surface area contributed by atoms with Gasteiger partial charge in [-0.05, 0) is 83.5 Å². The molecule has 0 amide bonds. The van der Waals surface area contributed by atoms with Gasteiger partial charge in [0.1, 0.15) is 18.8 Å². The number of aliphatic carboxylic acids is 1. The summed E-state index contributed by atoms with van der Waals surface area (Å²) in [7, 11) is 0. The van der Waals surface area contributed by atoms with Crippen molar-refractivity contribution in [2.75, 3.05) is 13.2 Å². The van der Waals surface area contributed by atoms with Gasteiger partial charge >= 0.3 is 23.9 Å². The van der Waals surface area contributed by atoms with Gasteiger partial charge in [-0.15, -0.1) is 0 Å². The Kier molecular flexibility index (Phi) is 43.7. The number of hydrogen-bond acceptors (Lipinski definition) is 11. The lowest BCUT2D eigenvalue weighted by molar-refractivity contribution is -0.301. The van der Waals surface area contributed by atoms with Crippen LogP contribution in [0.2, 0.25) is 0 Å². The first kappa shape index (κ1) is 65.4. The van der Waals surface area contributed by atoms with E-state index < -0.39 is 67.3 Å². The number of carboxylic acid groups (broad SMARTS) is 1. The second-order valence-corrected chi connectivity index (χ2v) is 19.2. The Morgan fingerprint density at radius 1 is 0.479 bits per heavy atom. The lowest BCUT2D eigenvalue weighted by Crippen LogP contribution is -2.61. The Morgan fingerprint density at radius 3 is 1.41 bits per heavy atom. The minimum Gasteiger partial charge on any atom is -0.479 e. The van der Waals surface area contributed by atoms with E-state index in [9.17, 15) is 34.5 Å². The zero-order valence-electron chi connectivity index (χ0n) is 44.7. The number of esters is 3. The van der Waals surface area contributed by atoms with E-state index in [1.54, 1.807) is 0 Å². The molecular weight excluding hydrogens is 901 g/mol. The summed E-state index contributed by atoms with van der Waals surface area (Å²) >= 11 is 0. The van der Waals surface area contributed by atoms with Crippen molar-refractivity contribution in [1.82, 2.24) is 0 Å². The van der Waals surface area contributed by atoms with Crippen LogP contribution in [0.1, 0.15) is 239 Å². The van der Waals surface area contributed by atoms with Gasteiger partial charge in [-0.2, -0.15) is 0 Å². The van der Waals surface area contributed by atoms with E-state index >= 15 is 0 Å². The Hall–Kier alpha value is -3.58. The second-order valence-electron chi connectivity index (χ2n) is 19.2. The number of aliphatic hydroxyl groups excluding tert-OH is 2. The van der Waals surface area contributed by atoms with Crippen molar-refractivity contribution in [3.63, 3.8) is 0 Å². The molecule has 0 aromatic heterocycles. The molecule has 0 aliphatic carbocycles. The molecule has 1 aliphatic heterocycles. The summed E-state index contributed by atoms with van der Waals surface area (Å²) < 4.78 is 28.3. The van der Waals surface area contributed by atoms with Crippen molar-refractivity contribution in [1.29, 1.82) is 0 Å². The summed E-state index contributed by atoms with van der Waals surface area (Å²) in [6, 6.07) is 0. The number of carbonyl (C=O) groups is 4. The average molecular weight is 1000 g/mol. The van der Waals surface area contributed by atoms with Crippen molar-refractivity contribution >= 4 is 23.9 Å². The molecule has 408 valence electrons. The van der Waals surface area contributed by atoms with Crippen molar-refractivity contribution in [3.8, 4) is 0 Å². The van der Waals surface area contributed by atoms with E-state index in [2.05, 4.69) is 81.5 Å². The summed E-state index contributed by atoms with van der Waals surface area (Å²) in [5.74, 6) is -3.18. The number of allylic oxidation sites excluding steroid dienone is 10. The minimum absolute atomic E-state index is 0.00784. The van der Waals surface area contributed by atoms with E-state index in [4.69, 9.17) is 23.7 Å². The molecule has 12 nitrogen and oxygen atoms in total. The first-order chi connectivity index (χ1) is 34.6. The topological polar surface area (TPSA) is 175 Å². The quantitative estimate of drug-likeness (QED) is 0.0228. The molecule has 1 saturated heterocycles. The van der Waals surface area contributed by atoms with Crippen molar-refractivity contribution in [3.05, 3.63) is 60.8 Å². The van der Waals surface area contributed by atoms with Gasteiger partial charge in [0.25, 0.3) is 0 Å². The molecule has 6 atom stereocenters. The predicted octanol–water partition coefficient (Wildman–Crippen LogP) is 14.0.